The normalized spacial score (nSPS) is 20.1. The number of hydrogen-bond donors (Lipinski definition) is 0. The van der Waals surface area contributed by atoms with Gasteiger partial charge in [-0.15, -0.1) is 6.42 Å². The van der Waals surface area contributed by atoms with Crippen molar-refractivity contribution in [2.45, 2.75) is 31.6 Å². The topological polar surface area (TPSA) is 60.9 Å². The molecule has 7 heteroatoms. The van der Waals surface area contributed by atoms with Gasteiger partial charge in [-0.3, -0.25) is 9.69 Å². The van der Waals surface area contributed by atoms with Crippen LogP contribution in [0.25, 0.3) is 0 Å². The minimum atomic E-state index is -3.52. The first kappa shape index (κ1) is 20.8. The van der Waals surface area contributed by atoms with Crippen molar-refractivity contribution in [3.63, 3.8) is 0 Å². The second kappa shape index (κ2) is 8.64. The summed E-state index contributed by atoms with van der Waals surface area (Å²) in [6.45, 7) is 7.81. The van der Waals surface area contributed by atoms with E-state index in [1.54, 1.807) is 12.1 Å². The van der Waals surface area contributed by atoms with Gasteiger partial charge in [0.25, 0.3) is 0 Å². The summed E-state index contributed by atoms with van der Waals surface area (Å²) in [4.78, 5) is 17.2. The van der Waals surface area contributed by atoms with Crippen molar-refractivity contribution in [2.24, 2.45) is 5.92 Å². The van der Waals surface area contributed by atoms with Gasteiger partial charge in [0.15, 0.2) is 0 Å². The van der Waals surface area contributed by atoms with Gasteiger partial charge < -0.3 is 4.90 Å². The van der Waals surface area contributed by atoms with Crippen molar-refractivity contribution in [3.05, 3.63) is 29.3 Å². The molecule has 0 spiro atoms. The highest BCUT2D eigenvalue weighted by atomic mass is 32.2. The third-order valence-corrected chi connectivity index (χ3v) is 7.81. The number of nitrogens with zero attached hydrogens (tertiary/aromatic N) is 3. The zero-order chi connectivity index (χ0) is 20.3. The van der Waals surface area contributed by atoms with E-state index in [2.05, 4.69) is 10.8 Å². The van der Waals surface area contributed by atoms with Crippen LogP contribution in [0.2, 0.25) is 0 Å². The number of carbonyl (C=O) groups excluding carboxylic acids is 1. The van der Waals surface area contributed by atoms with Gasteiger partial charge in [-0.05, 0) is 63.0 Å². The fraction of sp³-hybridized carbons (Fsp3) is 0.571. The predicted octanol–water partition coefficient (Wildman–Crippen LogP) is 1.48. The maximum Gasteiger partial charge on any atom is 0.243 e. The number of benzene rings is 1. The summed E-state index contributed by atoms with van der Waals surface area (Å²) in [5.74, 6) is 2.83. The smallest absolute Gasteiger partial charge is 0.243 e. The average molecular weight is 404 g/mol. The summed E-state index contributed by atoms with van der Waals surface area (Å²) >= 11 is 0. The standard InChI is InChI=1S/C21H29N3O3S/c1-4-9-22-10-7-19(8-11-22)21(25)23-12-14-24(15-13-23)28(26,27)20-6-5-17(2)18(3)16-20/h1,5-6,16,19H,7-15H2,2-3H3. The Labute approximate surface area is 168 Å². The molecule has 28 heavy (non-hydrogen) atoms. The number of hydrogen-bond acceptors (Lipinski definition) is 4. The second-order valence-corrected chi connectivity index (χ2v) is 9.67. The molecule has 0 unspecified atom stereocenters. The predicted molar refractivity (Wildman–Crippen MR) is 109 cm³/mol. The van der Waals surface area contributed by atoms with E-state index in [9.17, 15) is 13.2 Å². The lowest BCUT2D eigenvalue weighted by Gasteiger charge is -2.37. The van der Waals surface area contributed by atoms with Crippen LogP contribution >= 0.6 is 0 Å². The van der Waals surface area contributed by atoms with Crippen LogP contribution < -0.4 is 0 Å². The van der Waals surface area contributed by atoms with Crippen LogP contribution in [0.4, 0.5) is 0 Å². The van der Waals surface area contributed by atoms with Crippen molar-refractivity contribution in [1.82, 2.24) is 14.1 Å². The van der Waals surface area contributed by atoms with E-state index >= 15 is 0 Å². The zero-order valence-electron chi connectivity index (χ0n) is 16.7. The average Bonchev–Trinajstić information content (AvgIpc) is 2.70. The molecular formula is C21H29N3O3S. The van der Waals surface area contributed by atoms with E-state index in [0.717, 1.165) is 37.1 Å². The Hall–Kier alpha value is -1.88. The van der Waals surface area contributed by atoms with Crippen LogP contribution in [0.1, 0.15) is 24.0 Å². The quantitative estimate of drug-likeness (QED) is 0.715. The number of rotatable bonds is 4. The monoisotopic (exact) mass is 403 g/mol. The Morgan fingerprint density at radius 3 is 2.29 bits per heavy atom. The lowest BCUT2D eigenvalue weighted by atomic mass is 9.95. The van der Waals surface area contributed by atoms with Crippen LogP contribution in [-0.4, -0.2) is 74.2 Å². The Bertz CT molecular complexity index is 859. The number of sulfonamides is 1. The number of amides is 1. The molecule has 0 atom stereocenters. The molecule has 2 aliphatic heterocycles. The van der Waals surface area contributed by atoms with Crippen LogP contribution in [0.3, 0.4) is 0 Å². The fourth-order valence-corrected chi connectivity index (χ4v) is 5.41. The number of terminal acetylenes is 1. The minimum absolute atomic E-state index is 0.0249. The molecule has 0 radical (unpaired) electrons. The van der Waals surface area contributed by atoms with Crippen molar-refractivity contribution in [2.75, 3.05) is 45.8 Å². The van der Waals surface area contributed by atoms with Crippen molar-refractivity contribution in [3.8, 4) is 12.3 Å². The highest BCUT2D eigenvalue weighted by Crippen LogP contribution is 2.23. The molecule has 2 fully saturated rings. The fourth-order valence-electron chi connectivity index (χ4n) is 3.90. The van der Waals surface area contributed by atoms with Crippen molar-refractivity contribution < 1.29 is 13.2 Å². The molecule has 0 N–H and O–H groups in total. The van der Waals surface area contributed by atoms with Crippen molar-refractivity contribution in [1.29, 1.82) is 0 Å². The summed E-state index contributed by atoms with van der Waals surface area (Å²) < 4.78 is 27.4. The summed E-state index contributed by atoms with van der Waals surface area (Å²) in [6.07, 6.45) is 7.00. The molecule has 0 aromatic heterocycles. The van der Waals surface area contributed by atoms with Gasteiger partial charge in [0, 0.05) is 32.1 Å². The first-order valence-corrected chi connectivity index (χ1v) is 11.3. The van der Waals surface area contributed by atoms with Gasteiger partial charge in [-0.2, -0.15) is 4.31 Å². The van der Waals surface area contributed by atoms with Gasteiger partial charge in [-0.25, -0.2) is 8.42 Å². The third kappa shape index (κ3) is 4.40. The summed E-state index contributed by atoms with van der Waals surface area (Å²) in [7, 11) is -3.52. The SMILES string of the molecule is C#CCN1CCC(C(=O)N2CCN(S(=O)(=O)c3ccc(C)c(C)c3)CC2)CC1. The lowest BCUT2D eigenvalue weighted by molar-refractivity contribution is -0.138. The van der Waals surface area contributed by atoms with E-state index in [1.807, 2.05) is 24.8 Å². The molecule has 2 saturated heterocycles. The molecule has 0 saturated carbocycles. The Morgan fingerprint density at radius 2 is 1.71 bits per heavy atom. The largest absolute Gasteiger partial charge is 0.340 e. The molecule has 1 aromatic rings. The Morgan fingerprint density at radius 1 is 1.07 bits per heavy atom. The van der Waals surface area contributed by atoms with Crippen LogP contribution in [0, 0.1) is 32.1 Å². The van der Waals surface area contributed by atoms with Gasteiger partial charge >= 0.3 is 0 Å². The highest BCUT2D eigenvalue weighted by Gasteiger charge is 2.33. The van der Waals surface area contributed by atoms with Gasteiger partial charge in [-0.1, -0.05) is 12.0 Å². The van der Waals surface area contributed by atoms with E-state index in [1.165, 1.54) is 4.31 Å². The number of aryl methyl sites for hydroxylation is 2. The molecular weight excluding hydrogens is 374 g/mol. The van der Waals surface area contributed by atoms with E-state index in [0.29, 0.717) is 37.6 Å². The Kier molecular flexibility index (Phi) is 6.43. The lowest BCUT2D eigenvalue weighted by Crippen LogP contribution is -2.52. The van der Waals surface area contributed by atoms with E-state index in [4.69, 9.17) is 6.42 Å². The number of piperazine rings is 1. The van der Waals surface area contributed by atoms with Crippen LogP contribution in [0.5, 0.6) is 0 Å². The molecule has 1 aromatic carbocycles. The Balaban J connectivity index is 1.57. The molecule has 3 rings (SSSR count). The van der Waals surface area contributed by atoms with E-state index < -0.39 is 10.0 Å². The summed E-state index contributed by atoms with van der Waals surface area (Å²) in [5, 5.41) is 0. The number of carbonyl (C=O) groups is 1. The second-order valence-electron chi connectivity index (χ2n) is 7.73. The summed E-state index contributed by atoms with van der Waals surface area (Å²) in [6, 6.07) is 5.24. The highest BCUT2D eigenvalue weighted by molar-refractivity contribution is 7.89. The van der Waals surface area contributed by atoms with Crippen LogP contribution in [-0.2, 0) is 14.8 Å². The minimum Gasteiger partial charge on any atom is -0.340 e. The molecule has 2 aliphatic rings. The van der Waals surface area contributed by atoms with Gasteiger partial charge in [0.2, 0.25) is 15.9 Å². The number of likely N-dealkylation sites (tertiary alicyclic amines) is 1. The first-order valence-electron chi connectivity index (χ1n) is 9.85. The zero-order valence-corrected chi connectivity index (χ0v) is 17.5. The van der Waals surface area contributed by atoms with Gasteiger partial charge in [0.1, 0.15) is 0 Å². The molecule has 1 amide bonds. The van der Waals surface area contributed by atoms with Crippen LogP contribution in [0.15, 0.2) is 23.1 Å². The molecule has 6 nitrogen and oxygen atoms in total. The third-order valence-electron chi connectivity index (χ3n) is 5.92. The molecule has 2 heterocycles. The molecule has 152 valence electrons. The summed E-state index contributed by atoms with van der Waals surface area (Å²) in [5.41, 5.74) is 2.04. The molecule has 0 bridgehead atoms. The van der Waals surface area contributed by atoms with Gasteiger partial charge in [0.05, 0.1) is 11.4 Å². The maximum atomic E-state index is 12.9. The number of piperidine rings is 1. The molecule has 0 aliphatic carbocycles. The van der Waals surface area contributed by atoms with E-state index in [-0.39, 0.29) is 11.8 Å². The maximum absolute atomic E-state index is 12.9. The van der Waals surface area contributed by atoms with Crippen molar-refractivity contribution >= 4 is 15.9 Å². The first-order chi connectivity index (χ1) is 13.3.